The smallest absolute Gasteiger partial charge is 0.253 e. The van der Waals surface area contributed by atoms with Crippen LogP contribution in [0.1, 0.15) is 20.7 Å². The molecule has 1 amide bonds. The number of imidazole rings is 1. The van der Waals surface area contributed by atoms with Gasteiger partial charge in [-0.1, -0.05) is 6.07 Å². The third-order valence-electron chi connectivity index (χ3n) is 4.91. The van der Waals surface area contributed by atoms with Crippen molar-refractivity contribution in [1.29, 1.82) is 0 Å². The SMILES string of the molecule is O=Cc1ccn(-c2ccc(-c3nc4cccc5c4n3CCNC5=O)cc2)c1. The van der Waals surface area contributed by atoms with Crippen LogP contribution in [0.2, 0.25) is 0 Å². The first-order valence-corrected chi connectivity index (χ1v) is 8.76. The molecule has 132 valence electrons. The molecule has 1 aliphatic heterocycles. The molecule has 1 aliphatic rings. The van der Waals surface area contributed by atoms with Crippen LogP contribution in [0.15, 0.2) is 60.9 Å². The molecule has 0 spiro atoms. The molecule has 2 aromatic carbocycles. The molecule has 0 bridgehead atoms. The zero-order chi connectivity index (χ0) is 18.4. The Morgan fingerprint density at radius 1 is 1.07 bits per heavy atom. The molecule has 5 rings (SSSR count). The summed E-state index contributed by atoms with van der Waals surface area (Å²) in [7, 11) is 0. The number of aromatic nitrogens is 3. The summed E-state index contributed by atoms with van der Waals surface area (Å²) < 4.78 is 4.02. The summed E-state index contributed by atoms with van der Waals surface area (Å²) in [6.45, 7) is 1.25. The molecular formula is C21H16N4O2. The van der Waals surface area contributed by atoms with E-state index in [4.69, 9.17) is 4.98 Å². The molecule has 0 aliphatic carbocycles. The van der Waals surface area contributed by atoms with E-state index in [0.29, 0.717) is 24.2 Å². The maximum Gasteiger partial charge on any atom is 0.253 e. The molecule has 6 heteroatoms. The molecule has 3 heterocycles. The highest BCUT2D eigenvalue weighted by Gasteiger charge is 2.21. The van der Waals surface area contributed by atoms with Crippen LogP contribution in [-0.2, 0) is 6.54 Å². The van der Waals surface area contributed by atoms with E-state index in [-0.39, 0.29) is 5.91 Å². The van der Waals surface area contributed by atoms with Crippen molar-refractivity contribution in [3.05, 3.63) is 72.1 Å². The van der Waals surface area contributed by atoms with Crippen LogP contribution < -0.4 is 5.32 Å². The van der Waals surface area contributed by atoms with E-state index >= 15 is 0 Å². The number of hydrogen-bond acceptors (Lipinski definition) is 3. The Kier molecular flexibility index (Phi) is 3.43. The van der Waals surface area contributed by atoms with Gasteiger partial charge in [-0.15, -0.1) is 0 Å². The second-order valence-electron chi connectivity index (χ2n) is 6.53. The Labute approximate surface area is 155 Å². The van der Waals surface area contributed by atoms with Crippen molar-refractivity contribution in [3.8, 4) is 17.1 Å². The van der Waals surface area contributed by atoms with E-state index in [1.807, 2.05) is 53.2 Å². The maximum absolute atomic E-state index is 12.3. The third-order valence-corrected chi connectivity index (χ3v) is 4.91. The predicted octanol–water partition coefficient (Wildman–Crippen LogP) is 3.05. The largest absolute Gasteiger partial charge is 0.350 e. The number of hydrogen-bond donors (Lipinski definition) is 1. The molecule has 0 unspecified atom stereocenters. The molecule has 2 aromatic heterocycles. The van der Waals surface area contributed by atoms with E-state index in [1.54, 1.807) is 12.3 Å². The number of nitrogens with one attached hydrogen (secondary N) is 1. The standard InChI is InChI=1S/C21H16N4O2/c26-13-14-8-10-24(12-14)16-6-4-15(5-7-16)20-23-18-3-1-2-17-19(18)25(20)11-9-22-21(17)27/h1-8,10,12-13H,9,11H2,(H,22,27). The van der Waals surface area contributed by atoms with Crippen molar-refractivity contribution < 1.29 is 9.59 Å². The van der Waals surface area contributed by atoms with E-state index in [2.05, 4.69) is 9.88 Å². The summed E-state index contributed by atoms with van der Waals surface area (Å²) in [6, 6.07) is 15.4. The third kappa shape index (κ3) is 2.45. The molecular weight excluding hydrogens is 340 g/mol. The molecule has 0 fully saturated rings. The molecule has 0 atom stereocenters. The number of amides is 1. The Morgan fingerprint density at radius 3 is 2.70 bits per heavy atom. The summed E-state index contributed by atoms with van der Waals surface area (Å²) in [5, 5.41) is 2.94. The Bertz CT molecular complexity index is 1180. The summed E-state index contributed by atoms with van der Waals surface area (Å²) in [5.41, 5.74) is 4.96. The van der Waals surface area contributed by atoms with E-state index in [0.717, 1.165) is 34.4 Å². The van der Waals surface area contributed by atoms with Gasteiger partial charge in [-0.2, -0.15) is 0 Å². The first-order valence-electron chi connectivity index (χ1n) is 8.76. The number of para-hydroxylation sites is 1. The van der Waals surface area contributed by atoms with Gasteiger partial charge in [0.2, 0.25) is 0 Å². The summed E-state index contributed by atoms with van der Waals surface area (Å²) in [5.74, 6) is 0.793. The van der Waals surface area contributed by atoms with Crippen LogP contribution in [0, 0.1) is 0 Å². The van der Waals surface area contributed by atoms with Gasteiger partial charge in [0, 0.05) is 42.3 Å². The van der Waals surface area contributed by atoms with Crippen molar-refractivity contribution in [1.82, 2.24) is 19.4 Å². The molecule has 4 aromatic rings. The van der Waals surface area contributed by atoms with Crippen LogP contribution in [0.3, 0.4) is 0 Å². The monoisotopic (exact) mass is 356 g/mol. The van der Waals surface area contributed by atoms with Crippen molar-refractivity contribution in [3.63, 3.8) is 0 Å². The second-order valence-corrected chi connectivity index (χ2v) is 6.53. The zero-order valence-electron chi connectivity index (χ0n) is 14.4. The molecule has 0 radical (unpaired) electrons. The highest BCUT2D eigenvalue weighted by atomic mass is 16.1. The van der Waals surface area contributed by atoms with Crippen LogP contribution in [-0.4, -0.2) is 32.9 Å². The van der Waals surface area contributed by atoms with Gasteiger partial charge >= 0.3 is 0 Å². The van der Waals surface area contributed by atoms with E-state index in [1.165, 1.54) is 0 Å². The fraction of sp³-hybridized carbons (Fsp3) is 0.0952. The lowest BCUT2D eigenvalue weighted by Gasteiger charge is -2.08. The minimum atomic E-state index is -0.0558. The van der Waals surface area contributed by atoms with Gasteiger partial charge in [0.05, 0.1) is 16.6 Å². The summed E-state index contributed by atoms with van der Waals surface area (Å²) in [6.07, 6.45) is 4.49. The number of carbonyl (C=O) groups is 2. The molecule has 0 saturated heterocycles. The maximum atomic E-state index is 12.3. The quantitative estimate of drug-likeness (QED) is 0.574. The molecule has 6 nitrogen and oxygen atoms in total. The van der Waals surface area contributed by atoms with Crippen molar-refractivity contribution in [2.45, 2.75) is 6.54 Å². The van der Waals surface area contributed by atoms with Crippen molar-refractivity contribution >= 4 is 23.2 Å². The van der Waals surface area contributed by atoms with Gasteiger partial charge in [0.15, 0.2) is 6.29 Å². The second kappa shape index (κ2) is 5.95. The number of benzene rings is 2. The van der Waals surface area contributed by atoms with Gasteiger partial charge in [-0.3, -0.25) is 9.59 Å². The van der Waals surface area contributed by atoms with Gasteiger partial charge in [0.25, 0.3) is 5.91 Å². The Morgan fingerprint density at radius 2 is 1.93 bits per heavy atom. The van der Waals surface area contributed by atoms with Gasteiger partial charge in [0.1, 0.15) is 5.82 Å². The van der Waals surface area contributed by atoms with Crippen LogP contribution in [0.4, 0.5) is 0 Å². The minimum Gasteiger partial charge on any atom is -0.350 e. The van der Waals surface area contributed by atoms with Gasteiger partial charge in [-0.25, -0.2) is 4.98 Å². The molecule has 1 N–H and O–H groups in total. The average Bonchev–Trinajstić information content (AvgIpc) is 3.28. The van der Waals surface area contributed by atoms with Crippen molar-refractivity contribution in [2.24, 2.45) is 0 Å². The summed E-state index contributed by atoms with van der Waals surface area (Å²) >= 11 is 0. The molecule has 27 heavy (non-hydrogen) atoms. The zero-order valence-corrected chi connectivity index (χ0v) is 14.4. The average molecular weight is 356 g/mol. The van der Waals surface area contributed by atoms with E-state index in [9.17, 15) is 9.59 Å². The first kappa shape index (κ1) is 15.6. The van der Waals surface area contributed by atoms with Gasteiger partial charge in [-0.05, 0) is 42.5 Å². The summed E-state index contributed by atoms with van der Waals surface area (Å²) in [4.78, 5) is 27.9. The van der Waals surface area contributed by atoms with Crippen LogP contribution in [0.25, 0.3) is 28.1 Å². The number of nitrogens with zero attached hydrogens (tertiary/aromatic N) is 3. The topological polar surface area (TPSA) is 68.9 Å². The minimum absolute atomic E-state index is 0.0558. The van der Waals surface area contributed by atoms with Crippen LogP contribution in [0.5, 0.6) is 0 Å². The number of aldehydes is 1. The Balaban J connectivity index is 1.61. The molecule has 0 saturated carbocycles. The highest BCUT2D eigenvalue weighted by Crippen LogP contribution is 2.29. The van der Waals surface area contributed by atoms with Crippen molar-refractivity contribution in [2.75, 3.05) is 6.54 Å². The predicted molar refractivity (Wildman–Crippen MR) is 102 cm³/mol. The highest BCUT2D eigenvalue weighted by molar-refractivity contribution is 6.06. The number of carbonyl (C=O) groups excluding carboxylic acids is 2. The fourth-order valence-corrected chi connectivity index (χ4v) is 3.61. The normalized spacial score (nSPS) is 13.4. The van der Waals surface area contributed by atoms with E-state index < -0.39 is 0 Å². The first-order chi connectivity index (χ1) is 13.2. The lowest BCUT2D eigenvalue weighted by atomic mass is 10.1. The lowest BCUT2D eigenvalue weighted by Crippen LogP contribution is -2.24. The Hall–Kier alpha value is -3.67. The lowest BCUT2D eigenvalue weighted by molar-refractivity contribution is 0.0956. The van der Waals surface area contributed by atoms with Gasteiger partial charge < -0.3 is 14.5 Å². The number of rotatable bonds is 3. The van der Waals surface area contributed by atoms with Crippen LogP contribution >= 0.6 is 0 Å². The fourth-order valence-electron chi connectivity index (χ4n) is 3.61.